The Morgan fingerprint density at radius 1 is 1.03 bits per heavy atom. The summed E-state index contributed by atoms with van der Waals surface area (Å²) in [4.78, 5) is 36.6. The molecule has 1 atom stereocenters. The van der Waals surface area contributed by atoms with E-state index in [-0.39, 0.29) is 12.8 Å². The van der Waals surface area contributed by atoms with Crippen LogP contribution in [0.15, 0.2) is 56.1 Å². The molecule has 0 saturated heterocycles. The zero-order valence-electron chi connectivity index (χ0n) is 20.1. The molecule has 0 radical (unpaired) electrons. The molecule has 0 fully saturated rings. The first-order valence-corrected chi connectivity index (χ1v) is 11.9. The Labute approximate surface area is 202 Å². The average molecular weight is 476 g/mol. The molecular formula is C28H29NO6. The first kappa shape index (κ1) is 24.3. The molecule has 2 N–H and O–H groups in total. The third-order valence-corrected chi connectivity index (χ3v) is 6.42. The maximum absolute atomic E-state index is 12.7. The van der Waals surface area contributed by atoms with E-state index in [0.717, 1.165) is 39.6 Å². The molecule has 1 amide bonds. The van der Waals surface area contributed by atoms with Crippen LogP contribution in [0.1, 0.15) is 49.5 Å². The van der Waals surface area contributed by atoms with E-state index in [9.17, 15) is 19.5 Å². The highest BCUT2D eigenvalue weighted by Gasteiger charge is 2.21. The number of fused-ring (bicyclic) bond motifs is 2. The molecule has 0 bridgehead atoms. The normalized spacial score (nSPS) is 12.2. The van der Waals surface area contributed by atoms with E-state index in [2.05, 4.69) is 5.32 Å². The standard InChI is InChI=1S/C28H29NO6/c1-4-5-11-22(27(31)32)29-25(30)13-12-19-16(2)20-14-21-24(15-23(20)35-28(19)33)34-17(3)26(21)18-9-7-6-8-10-18/h6-10,14-15,22H,4-5,11-13H2,1-3H3,(H,29,30)(H,31,32)/t22-/m0/s1. The van der Waals surface area contributed by atoms with Gasteiger partial charge in [-0.25, -0.2) is 9.59 Å². The van der Waals surface area contributed by atoms with Gasteiger partial charge in [0.2, 0.25) is 5.91 Å². The molecule has 0 aliphatic heterocycles. The van der Waals surface area contributed by atoms with Crippen molar-refractivity contribution in [1.82, 2.24) is 5.32 Å². The molecule has 0 spiro atoms. The highest BCUT2D eigenvalue weighted by molar-refractivity contribution is 6.03. The van der Waals surface area contributed by atoms with Gasteiger partial charge < -0.3 is 19.3 Å². The summed E-state index contributed by atoms with van der Waals surface area (Å²) in [6.45, 7) is 5.71. The summed E-state index contributed by atoms with van der Waals surface area (Å²) in [6, 6.07) is 12.7. The van der Waals surface area contributed by atoms with Crippen molar-refractivity contribution in [3.05, 3.63) is 69.8 Å². The second kappa shape index (κ2) is 10.2. The molecule has 0 saturated carbocycles. The van der Waals surface area contributed by atoms with Gasteiger partial charge in [0.1, 0.15) is 23.0 Å². The Morgan fingerprint density at radius 2 is 1.74 bits per heavy atom. The van der Waals surface area contributed by atoms with Crippen LogP contribution in [0.2, 0.25) is 0 Å². The highest BCUT2D eigenvalue weighted by Crippen LogP contribution is 2.37. The molecule has 2 aromatic heterocycles. The number of amides is 1. The number of aliphatic carboxylic acids is 1. The lowest BCUT2D eigenvalue weighted by Gasteiger charge is -2.14. The van der Waals surface area contributed by atoms with Crippen molar-refractivity contribution >= 4 is 33.8 Å². The lowest BCUT2D eigenvalue weighted by atomic mass is 9.98. The monoisotopic (exact) mass is 475 g/mol. The van der Waals surface area contributed by atoms with Gasteiger partial charge in [0.25, 0.3) is 0 Å². The molecule has 4 aromatic rings. The zero-order valence-corrected chi connectivity index (χ0v) is 20.1. The molecule has 0 aliphatic rings. The van der Waals surface area contributed by atoms with Crippen LogP contribution in [0.4, 0.5) is 0 Å². The van der Waals surface area contributed by atoms with Gasteiger partial charge in [0.05, 0.1) is 0 Å². The maximum Gasteiger partial charge on any atom is 0.339 e. The summed E-state index contributed by atoms with van der Waals surface area (Å²) in [5.41, 5.74) is 3.72. The predicted molar refractivity (Wildman–Crippen MR) is 135 cm³/mol. The number of nitrogens with one attached hydrogen (secondary N) is 1. The van der Waals surface area contributed by atoms with E-state index in [1.807, 2.05) is 57.2 Å². The number of rotatable bonds is 9. The first-order chi connectivity index (χ1) is 16.8. The number of benzene rings is 2. The number of carbonyl (C=O) groups excluding carboxylic acids is 1. The molecule has 182 valence electrons. The molecule has 7 heteroatoms. The van der Waals surface area contributed by atoms with E-state index in [0.29, 0.717) is 29.6 Å². The molecule has 0 aliphatic carbocycles. The topological polar surface area (TPSA) is 110 Å². The summed E-state index contributed by atoms with van der Waals surface area (Å²) in [5.74, 6) is -0.684. The minimum absolute atomic E-state index is 0.00462. The third-order valence-electron chi connectivity index (χ3n) is 6.42. The van der Waals surface area contributed by atoms with Crippen LogP contribution < -0.4 is 10.9 Å². The Hall–Kier alpha value is -3.87. The predicted octanol–water partition coefficient (Wildman–Crippen LogP) is 5.52. The second-order valence-corrected chi connectivity index (χ2v) is 8.84. The number of unbranched alkanes of at least 4 members (excludes halogenated alkanes) is 1. The van der Waals surface area contributed by atoms with E-state index in [4.69, 9.17) is 8.83 Å². The SMILES string of the molecule is CCCC[C@H](NC(=O)CCc1c(C)c2cc3c(-c4ccccc4)c(C)oc3cc2oc1=O)C(=O)O. The van der Waals surface area contributed by atoms with E-state index in [1.54, 1.807) is 6.07 Å². The van der Waals surface area contributed by atoms with Crippen molar-refractivity contribution in [3.8, 4) is 11.1 Å². The van der Waals surface area contributed by atoms with Crippen molar-refractivity contribution < 1.29 is 23.5 Å². The van der Waals surface area contributed by atoms with Gasteiger partial charge in [-0.3, -0.25) is 4.79 Å². The molecule has 0 unspecified atom stereocenters. The second-order valence-electron chi connectivity index (χ2n) is 8.84. The van der Waals surface area contributed by atoms with Crippen LogP contribution in [-0.4, -0.2) is 23.0 Å². The summed E-state index contributed by atoms with van der Waals surface area (Å²) >= 11 is 0. The van der Waals surface area contributed by atoms with Crippen molar-refractivity contribution in [1.29, 1.82) is 0 Å². The van der Waals surface area contributed by atoms with Gasteiger partial charge in [-0.15, -0.1) is 0 Å². The molecular weight excluding hydrogens is 446 g/mol. The molecule has 2 aromatic carbocycles. The number of aryl methyl sites for hydroxylation is 2. The number of hydrogen-bond donors (Lipinski definition) is 2. The van der Waals surface area contributed by atoms with Gasteiger partial charge in [-0.2, -0.15) is 0 Å². The largest absolute Gasteiger partial charge is 0.480 e. The quantitative estimate of drug-likeness (QED) is 0.309. The number of carboxylic acid groups (broad SMARTS) is 1. The molecule has 2 heterocycles. The number of furan rings is 1. The molecule has 35 heavy (non-hydrogen) atoms. The van der Waals surface area contributed by atoms with E-state index in [1.165, 1.54) is 0 Å². The van der Waals surface area contributed by atoms with Crippen molar-refractivity contribution in [2.75, 3.05) is 0 Å². The fourth-order valence-corrected chi connectivity index (χ4v) is 4.53. The van der Waals surface area contributed by atoms with Crippen LogP contribution in [0.3, 0.4) is 0 Å². The van der Waals surface area contributed by atoms with Gasteiger partial charge in [0, 0.05) is 34.4 Å². The summed E-state index contributed by atoms with van der Waals surface area (Å²) in [7, 11) is 0. The zero-order chi connectivity index (χ0) is 25.1. The maximum atomic E-state index is 12.7. The van der Waals surface area contributed by atoms with Crippen molar-refractivity contribution in [3.63, 3.8) is 0 Å². The lowest BCUT2D eigenvalue weighted by Crippen LogP contribution is -2.40. The lowest BCUT2D eigenvalue weighted by molar-refractivity contribution is -0.142. The Balaban J connectivity index is 1.65. The van der Waals surface area contributed by atoms with Crippen molar-refractivity contribution in [2.45, 2.75) is 58.9 Å². The van der Waals surface area contributed by atoms with Crippen LogP contribution in [0.25, 0.3) is 33.1 Å². The van der Waals surface area contributed by atoms with E-state index < -0.39 is 23.5 Å². The average Bonchev–Trinajstić information content (AvgIpc) is 3.15. The Kier molecular flexibility index (Phi) is 7.05. The Morgan fingerprint density at radius 3 is 2.43 bits per heavy atom. The first-order valence-electron chi connectivity index (χ1n) is 11.9. The van der Waals surface area contributed by atoms with Crippen LogP contribution in [0.5, 0.6) is 0 Å². The molecule has 4 rings (SSSR count). The minimum Gasteiger partial charge on any atom is -0.480 e. The van der Waals surface area contributed by atoms with E-state index >= 15 is 0 Å². The number of hydrogen-bond acceptors (Lipinski definition) is 5. The van der Waals surface area contributed by atoms with Crippen molar-refractivity contribution in [2.24, 2.45) is 0 Å². The summed E-state index contributed by atoms with van der Waals surface area (Å²) < 4.78 is 11.6. The van der Waals surface area contributed by atoms with Crippen LogP contribution in [-0.2, 0) is 16.0 Å². The van der Waals surface area contributed by atoms with Crippen LogP contribution >= 0.6 is 0 Å². The number of carboxylic acids is 1. The fraction of sp³-hybridized carbons (Fsp3) is 0.321. The smallest absolute Gasteiger partial charge is 0.339 e. The fourth-order valence-electron chi connectivity index (χ4n) is 4.53. The van der Waals surface area contributed by atoms with Crippen LogP contribution in [0, 0.1) is 13.8 Å². The summed E-state index contributed by atoms with van der Waals surface area (Å²) in [5, 5.41) is 13.6. The highest BCUT2D eigenvalue weighted by atomic mass is 16.4. The Bertz CT molecular complexity index is 1450. The third kappa shape index (κ3) is 4.99. The number of carbonyl (C=O) groups is 2. The van der Waals surface area contributed by atoms with Gasteiger partial charge in [-0.05, 0) is 43.9 Å². The van der Waals surface area contributed by atoms with Gasteiger partial charge in [0.15, 0.2) is 0 Å². The minimum atomic E-state index is -1.05. The molecule has 7 nitrogen and oxygen atoms in total. The summed E-state index contributed by atoms with van der Waals surface area (Å²) in [6.07, 6.45) is 2.07. The van der Waals surface area contributed by atoms with Gasteiger partial charge in [-0.1, -0.05) is 50.1 Å². The van der Waals surface area contributed by atoms with Gasteiger partial charge >= 0.3 is 11.6 Å².